The molecule has 1 unspecified atom stereocenters. The maximum absolute atomic E-state index is 12.7. The zero-order valence-corrected chi connectivity index (χ0v) is 29.3. The Bertz CT molecular complexity index is 1670. The number of carbonyl (C=O) groups excluding carboxylic acids is 1. The van der Waals surface area contributed by atoms with Crippen LogP contribution >= 0.6 is 0 Å². The summed E-state index contributed by atoms with van der Waals surface area (Å²) in [6.07, 6.45) is 6.11. The van der Waals surface area contributed by atoms with E-state index in [1.807, 2.05) is 44.2 Å². The number of benzene rings is 3. The van der Waals surface area contributed by atoms with Gasteiger partial charge >= 0.3 is 0 Å². The molecule has 2 aliphatic heterocycles. The highest BCUT2D eigenvalue weighted by molar-refractivity contribution is 5.82. The van der Waals surface area contributed by atoms with Crippen LogP contribution in [-0.2, 0) is 17.9 Å². The average Bonchev–Trinajstić information content (AvgIpc) is 3.14. The van der Waals surface area contributed by atoms with E-state index in [1.54, 1.807) is 6.33 Å². The number of piperidine rings is 2. The summed E-state index contributed by atoms with van der Waals surface area (Å²) in [6.45, 7) is 16.5. The number of rotatable bonds is 11. The molecule has 0 saturated carbocycles. The van der Waals surface area contributed by atoms with Crippen LogP contribution in [0, 0.1) is 13.8 Å². The molecule has 2 saturated heterocycles. The number of nitrogens with zero attached hydrogens (tertiary/aromatic N) is 5. The van der Waals surface area contributed by atoms with E-state index in [4.69, 9.17) is 5.73 Å². The van der Waals surface area contributed by atoms with Crippen LogP contribution in [0.5, 0.6) is 0 Å². The van der Waals surface area contributed by atoms with E-state index in [1.165, 1.54) is 11.3 Å². The Labute approximate surface area is 292 Å². The fraction of sp³-hybridized carbons (Fsp3) is 0.390. The monoisotopic (exact) mass is 657 g/mol. The third kappa shape index (κ3) is 8.03. The molecule has 2 fully saturated rings. The predicted octanol–water partition coefficient (Wildman–Crippen LogP) is 6.41. The third-order valence-electron chi connectivity index (χ3n) is 10.8. The normalized spacial score (nSPS) is 17.3. The summed E-state index contributed by atoms with van der Waals surface area (Å²) < 4.78 is 0. The predicted molar refractivity (Wildman–Crippen MR) is 199 cm³/mol. The van der Waals surface area contributed by atoms with Crippen molar-refractivity contribution in [2.75, 3.05) is 31.1 Å². The van der Waals surface area contributed by atoms with E-state index < -0.39 is 6.04 Å². The summed E-state index contributed by atoms with van der Waals surface area (Å²) in [4.78, 5) is 29.4. The maximum Gasteiger partial charge on any atom is 0.241 e. The van der Waals surface area contributed by atoms with Crippen LogP contribution in [0.25, 0.3) is 5.70 Å². The first-order chi connectivity index (χ1) is 23.7. The Balaban J connectivity index is 1.07. The average molecular weight is 658 g/mol. The quantitative estimate of drug-likeness (QED) is 0.193. The Kier molecular flexibility index (Phi) is 10.8. The molecule has 1 amide bonds. The molecule has 1 atom stereocenters. The maximum atomic E-state index is 12.7. The molecule has 6 rings (SSSR count). The summed E-state index contributed by atoms with van der Waals surface area (Å²) in [5.74, 6) is -0.173. The molecular formula is C41H51N7O. The van der Waals surface area contributed by atoms with Crippen molar-refractivity contribution in [2.24, 2.45) is 5.73 Å². The van der Waals surface area contributed by atoms with Gasteiger partial charge in [0.15, 0.2) is 0 Å². The smallest absolute Gasteiger partial charge is 0.241 e. The number of likely N-dealkylation sites (tertiary alicyclic amines) is 2. The van der Waals surface area contributed by atoms with Crippen LogP contribution in [-0.4, -0.2) is 63.4 Å². The molecule has 0 spiro atoms. The van der Waals surface area contributed by atoms with Gasteiger partial charge in [-0.15, -0.1) is 0 Å². The molecule has 0 bridgehead atoms. The van der Waals surface area contributed by atoms with Crippen molar-refractivity contribution < 1.29 is 4.79 Å². The number of nitrogens with one attached hydrogen (secondary N) is 1. The summed E-state index contributed by atoms with van der Waals surface area (Å²) in [7, 11) is 0. The van der Waals surface area contributed by atoms with E-state index in [-0.39, 0.29) is 11.4 Å². The van der Waals surface area contributed by atoms with E-state index in [0.29, 0.717) is 12.6 Å². The zero-order valence-electron chi connectivity index (χ0n) is 29.3. The minimum absolute atomic E-state index is 0.173. The molecule has 3 N–H and O–H groups in total. The minimum atomic E-state index is -0.681. The number of nitrogens with two attached hydrogens (primary N) is 1. The van der Waals surface area contributed by atoms with Gasteiger partial charge in [0.1, 0.15) is 12.4 Å². The van der Waals surface area contributed by atoms with Gasteiger partial charge in [-0.25, -0.2) is 9.97 Å². The molecule has 256 valence electrons. The van der Waals surface area contributed by atoms with Crippen molar-refractivity contribution in [3.8, 4) is 0 Å². The lowest BCUT2D eigenvalue weighted by atomic mass is 9.85. The Morgan fingerprint density at radius 2 is 1.49 bits per heavy atom. The number of anilines is 1. The molecule has 3 aromatic carbocycles. The number of amides is 1. The van der Waals surface area contributed by atoms with Crippen LogP contribution in [0.15, 0.2) is 97.8 Å². The van der Waals surface area contributed by atoms with Crippen molar-refractivity contribution in [1.82, 2.24) is 25.1 Å². The van der Waals surface area contributed by atoms with Gasteiger partial charge in [0.25, 0.3) is 0 Å². The number of hydrogen-bond donors (Lipinski definition) is 2. The fourth-order valence-electron chi connectivity index (χ4n) is 7.59. The first kappa shape index (κ1) is 34.3. The van der Waals surface area contributed by atoms with Crippen LogP contribution in [0.2, 0.25) is 0 Å². The second kappa shape index (κ2) is 15.3. The van der Waals surface area contributed by atoms with E-state index in [0.717, 1.165) is 92.2 Å². The fourth-order valence-corrected chi connectivity index (χ4v) is 7.59. The minimum Gasteiger partial charge on any atom is -0.371 e. The molecule has 3 heterocycles. The van der Waals surface area contributed by atoms with Crippen molar-refractivity contribution in [3.05, 3.63) is 131 Å². The lowest BCUT2D eigenvalue weighted by Gasteiger charge is -2.51. The summed E-state index contributed by atoms with van der Waals surface area (Å²) in [6, 6.07) is 28.7. The van der Waals surface area contributed by atoms with Gasteiger partial charge in [-0.05, 0) is 75.3 Å². The molecule has 0 radical (unpaired) electrons. The van der Waals surface area contributed by atoms with E-state index in [9.17, 15) is 4.79 Å². The molecule has 49 heavy (non-hydrogen) atoms. The standard InChI is InChI=1S/C41H51N7O/c1-30-38(31(2)45-29-44-30)32(3)46-25-21-41(4,22-26-46)47-23-19-37(20-24-47)48(28-34-11-7-5-8-12-34)36-17-15-33(16-18-36)27-43-40(49)39(42)35-13-9-6-10-14-35/h5-18,29,37,39H,3,19-28,42H2,1-2,4H3,(H,43,49). The zero-order chi connectivity index (χ0) is 34.4. The molecular weight excluding hydrogens is 606 g/mol. The van der Waals surface area contributed by atoms with Gasteiger partial charge in [0.05, 0.1) is 11.4 Å². The summed E-state index contributed by atoms with van der Waals surface area (Å²) in [5, 5.41) is 3.01. The number of aromatic nitrogens is 2. The molecule has 1 aromatic heterocycles. The number of aryl methyl sites for hydroxylation is 2. The van der Waals surface area contributed by atoms with Gasteiger partial charge in [-0.3, -0.25) is 9.69 Å². The van der Waals surface area contributed by atoms with Gasteiger partial charge < -0.3 is 20.9 Å². The lowest BCUT2D eigenvalue weighted by Crippen LogP contribution is -2.57. The van der Waals surface area contributed by atoms with E-state index in [2.05, 4.69) is 98.1 Å². The van der Waals surface area contributed by atoms with Crippen LogP contribution in [0.3, 0.4) is 0 Å². The number of carbonyl (C=O) groups is 1. The Morgan fingerprint density at radius 1 is 0.898 bits per heavy atom. The Hall–Kier alpha value is -4.53. The molecule has 8 nitrogen and oxygen atoms in total. The highest BCUT2D eigenvalue weighted by atomic mass is 16.2. The summed E-state index contributed by atoms with van der Waals surface area (Å²) >= 11 is 0. The van der Waals surface area contributed by atoms with Gasteiger partial charge in [-0.1, -0.05) is 79.4 Å². The van der Waals surface area contributed by atoms with Gasteiger partial charge in [0.2, 0.25) is 5.91 Å². The first-order valence-corrected chi connectivity index (χ1v) is 17.7. The second-order valence-corrected chi connectivity index (χ2v) is 14.0. The first-order valence-electron chi connectivity index (χ1n) is 17.7. The SMILES string of the molecule is C=C(c1c(C)ncnc1C)N1CCC(C)(N2CCC(N(Cc3ccccc3)c3ccc(CNC(=O)C(N)c4ccccc4)cc3)CC2)CC1. The molecule has 4 aromatic rings. The van der Waals surface area contributed by atoms with Crippen LogP contribution < -0.4 is 16.0 Å². The highest BCUT2D eigenvalue weighted by Gasteiger charge is 2.39. The number of hydrogen-bond acceptors (Lipinski definition) is 7. The van der Waals surface area contributed by atoms with Gasteiger partial charge in [0, 0.05) is 67.8 Å². The third-order valence-corrected chi connectivity index (χ3v) is 10.8. The Morgan fingerprint density at radius 3 is 2.10 bits per heavy atom. The molecule has 2 aliphatic rings. The van der Waals surface area contributed by atoms with Crippen LogP contribution in [0.4, 0.5) is 5.69 Å². The lowest BCUT2D eigenvalue weighted by molar-refractivity contribution is -0.122. The largest absolute Gasteiger partial charge is 0.371 e. The van der Waals surface area contributed by atoms with Crippen molar-refractivity contribution >= 4 is 17.3 Å². The molecule has 0 aliphatic carbocycles. The molecule has 8 heteroatoms. The topological polar surface area (TPSA) is 90.6 Å². The van der Waals surface area contributed by atoms with Crippen molar-refractivity contribution in [3.63, 3.8) is 0 Å². The van der Waals surface area contributed by atoms with Crippen molar-refractivity contribution in [1.29, 1.82) is 0 Å². The van der Waals surface area contributed by atoms with Gasteiger partial charge in [-0.2, -0.15) is 0 Å². The highest BCUT2D eigenvalue weighted by Crippen LogP contribution is 2.36. The van der Waals surface area contributed by atoms with Crippen molar-refractivity contribution in [2.45, 2.75) is 77.2 Å². The summed E-state index contributed by atoms with van der Waals surface area (Å²) in [5.41, 5.74) is 14.9. The van der Waals surface area contributed by atoms with Crippen LogP contribution in [0.1, 0.15) is 72.3 Å². The van der Waals surface area contributed by atoms with E-state index >= 15 is 0 Å². The second-order valence-electron chi connectivity index (χ2n) is 14.0.